The first kappa shape index (κ1) is 25.6. The minimum atomic E-state index is -0.346. The van der Waals surface area contributed by atoms with Crippen LogP contribution in [0.3, 0.4) is 0 Å². The molecule has 2 atom stereocenters. The smallest absolute Gasteiger partial charge is 0.306 e. The number of ether oxygens (including phenoxy) is 1. The number of nitrogens with one attached hydrogen (secondary N) is 4. The number of rotatable bonds is 7. The maximum absolute atomic E-state index is 12.0. The molecule has 9 nitrogen and oxygen atoms in total. The van der Waals surface area contributed by atoms with E-state index in [9.17, 15) is 14.4 Å². The Labute approximate surface area is 194 Å². The van der Waals surface area contributed by atoms with Gasteiger partial charge in [-0.25, -0.2) is 0 Å². The van der Waals surface area contributed by atoms with Gasteiger partial charge in [0.25, 0.3) is 0 Å². The SMILES string of the molecule is COC(=O)C[C@@H]1C[C@@H](CNC2CCN(c3ccc(C(=N)NC(C)=O)cc3)CC2)NC1=O.Cl. The lowest BCUT2D eigenvalue weighted by Gasteiger charge is -2.34. The van der Waals surface area contributed by atoms with E-state index in [0.29, 0.717) is 24.6 Å². The quantitative estimate of drug-likeness (QED) is 0.272. The first-order valence-electron chi connectivity index (χ1n) is 10.7. The molecule has 0 aromatic heterocycles. The number of hydrogen-bond acceptors (Lipinski definition) is 7. The highest BCUT2D eigenvalue weighted by molar-refractivity contribution is 6.05. The Morgan fingerprint density at radius 3 is 2.47 bits per heavy atom. The third-order valence-corrected chi connectivity index (χ3v) is 5.90. The van der Waals surface area contributed by atoms with Gasteiger partial charge in [0.2, 0.25) is 11.8 Å². The van der Waals surface area contributed by atoms with Crippen LogP contribution < -0.4 is 20.9 Å². The van der Waals surface area contributed by atoms with Gasteiger partial charge in [0.1, 0.15) is 5.84 Å². The van der Waals surface area contributed by atoms with Crippen LogP contribution in [-0.2, 0) is 19.1 Å². The molecule has 1 aromatic carbocycles. The van der Waals surface area contributed by atoms with Crippen molar-refractivity contribution in [2.45, 2.75) is 44.7 Å². The van der Waals surface area contributed by atoms with Crippen molar-refractivity contribution in [1.82, 2.24) is 16.0 Å². The van der Waals surface area contributed by atoms with E-state index in [4.69, 9.17) is 5.41 Å². The van der Waals surface area contributed by atoms with Gasteiger partial charge < -0.3 is 25.6 Å². The molecule has 0 radical (unpaired) electrons. The number of esters is 1. The molecule has 0 spiro atoms. The van der Waals surface area contributed by atoms with Crippen LogP contribution in [0.15, 0.2) is 24.3 Å². The zero-order valence-corrected chi connectivity index (χ0v) is 19.3. The van der Waals surface area contributed by atoms with Crippen LogP contribution in [0.4, 0.5) is 5.69 Å². The monoisotopic (exact) mass is 465 g/mol. The number of carbonyl (C=O) groups excluding carboxylic acids is 3. The van der Waals surface area contributed by atoms with Crippen molar-refractivity contribution >= 4 is 41.7 Å². The van der Waals surface area contributed by atoms with E-state index in [2.05, 4.69) is 25.6 Å². The number of nitrogens with zero attached hydrogens (tertiary/aromatic N) is 1. The van der Waals surface area contributed by atoms with E-state index in [-0.39, 0.29) is 54.4 Å². The van der Waals surface area contributed by atoms with Crippen LogP contribution in [0.2, 0.25) is 0 Å². The van der Waals surface area contributed by atoms with Crippen molar-refractivity contribution in [3.63, 3.8) is 0 Å². The highest BCUT2D eigenvalue weighted by Gasteiger charge is 2.34. The fourth-order valence-electron chi connectivity index (χ4n) is 4.16. The van der Waals surface area contributed by atoms with Gasteiger partial charge in [0.15, 0.2) is 0 Å². The molecule has 4 N–H and O–H groups in total. The van der Waals surface area contributed by atoms with Gasteiger partial charge in [-0.3, -0.25) is 19.8 Å². The first-order chi connectivity index (χ1) is 14.9. The number of methoxy groups -OCH3 is 1. The summed E-state index contributed by atoms with van der Waals surface area (Å²) in [6, 6.07) is 8.10. The van der Waals surface area contributed by atoms with Gasteiger partial charge in [0, 0.05) is 49.9 Å². The first-order valence-corrected chi connectivity index (χ1v) is 10.7. The van der Waals surface area contributed by atoms with Crippen molar-refractivity contribution in [3.8, 4) is 0 Å². The molecule has 2 aliphatic rings. The topological polar surface area (TPSA) is 124 Å². The molecule has 1 aromatic rings. The summed E-state index contributed by atoms with van der Waals surface area (Å²) >= 11 is 0. The molecule has 32 heavy (non-hydrogen) atoms. The second-order valence-corrected chi connectivity index (χ2v) is 8.19. The second-order valence-electron chi connectivity index (χ2n) is 8.19. The highest BCUT2D eigenvalue weighted by atomic mass is 35.5. The van der Waals surface area contributed by atoms with Crippen LogP contribution in [0.5, 0.6) is 0 Å². The minimum absolute atomic E-state index is 0. The predicted molar refractivity (Wildman–Crippen MR) is 124 cm³/mol. The molecule has 2 heterocycles. The molecular weight excluding hydrogens is 434 g/mol. The lowest BCUT2D eigenvalue weighted by atomic mass is 10.00. The minimum Gasteiger partial charge on any atom is -0.469 e. The Bertz CT molecular complexity index is 824. The predicted octanol–water partition coefficient (Wildman–Crippen LogP) is 1.20. The number of benzene rings is 1. The number of halogens is 1. The van der Waals surface area contributed by atoms with Crippen LogP contribution in [0.1, 0.15) is 38.2 Å². The Morgan fingerprint density at radius 2 is 1.88 bits per heavy atom. The van der Waals surface area contributed by atoms with E-state index in [1.807, 2.05) is 24.3 Å². The Morgan fingerprint density at radius 1 is 1.22 bits per heavy atom. The summed E-state index contributed by atoms with van der Waals surface area (Å²) in [4.78, 5) is 36.8. The Hall–Kier alpha value is -2.65. The average molecular weight is 466 g/mol. The number of hydrogen-bond donors (Lipinski definition) is 4. The van der Waals surface area contributed by atoms with E-state index in [0.717, 1.165) is 31.6 Å². The van der Waals surface area contributed by atoms with Gasteiger partial charge in [0.05, 0.1) is 19.4 Å². The number of amidine groups is 1. The molecular formula is C22H32ClN5O4. The number of piperidine rings is 1. The van der Waals surface area contributed by atoms with Gasteiger partial charge in [-0.15, -0.1) is 12.4 Å². The second kappa shape index (κ2) is 11.8. The average Bonchev–Trinajstić information content (AvgIpc) is 3.11. The van der Waals surface area contributed by atoms with Gasteiger partial charge >= 0.3 is 5.97 Å². The van der Waals surface area contributed by atoms with Crippen LogP contribution >= 0.6 is 12.4 Å². The number of carbonyl (C=O) groups is 3. The summed E-state index contributed by atoms with van der Waals surface area (Å²) in [6.07, 6.45) is 2.78. The summed E-state index contributed by atoms with van der Waals surface area (Å²) in [7, 11) is 1.34. The molecule has 3 rings (SSSR count). The molecule has 0 bridgehead atoms. The molecule has 2 saturated heterocycles. The lowest BCUT2D eigenvalue weighted by molar-refractivity contribution is -0.143. The molecule has 0 saturated carbocycles. The van der Waals surface area contributed by atoms with E-state index >= 15 is 0 Å². The number of amides is 2. The number of anilines is 1. The molecule has 10 heteroatoms. The summed E-state index contributed by atoms with van der Waals surface area (Å²) in [5.41, 5.74) is 1.78. The molecule has 176 valence electrons. The summed E-state index contributed by atoms with van der Waals surface area (Å²) in [5, 5.41) is 16.9. The molecule has 0 aliphatic carbocycles. The normalized spacial score (nSPS) is 20.8. The third kappa shape index (κ3) is 6.93. The van der Waals surface area contributed by atoms with E-state index in [1.54, 1.807) is 0 Å². The van der Waals surface area contributed by atoms with E-state index < -0.39 is 0 Å². The molecule has 2 fully saturated rings. The maximum Gasteiger partial charge on any atom is 0.306 e. The Kier molecular flexibility index (Phi) is 9.46. The maximum atomic E-state index is 12.0. The highest BCUT2D eigenvalue weighted by Crippen LogP contribution is 2.22. The third-order valence-electron chi connectivity index (χ3n) is 5.90. The Balaban J connectivity index is 0.00000363. The fraction of sp³-hybridized carbons (Fsp3) is 0.545. The van der Waals surface area contributed by atoms with Crippen LogP contribution in [0.25, 0.3) is 0 Å². The summed E-state index contributed by atoms with van der Waals surface area (Å²) < 4.78 is 4.66. The molecule has 2 amide bonds. The van der Waals surface area contributed by atoms with Crippen LogP contribution in [0, 0.1) is 11.3 Å². The summed E-state index contributed by atoms with van der Waals surface area (Å²) in [5.74, 6) is -0.853. The molecule has 0 unspecified atom stereocenters. The van der Waals surface area contributed by atoms with Gasteiger partial charge in [-0.05, 0) is 43.5 Å². The van der Waals surface area contributed by atoms with Crippen molar-refractivity contribution in [2.24, 2.45) is 5.92 Å². The van der Waals surface area contributed by atoms with Crippen molar-refractivity contribution < 1.29 is 19.1 Å². The zero-order valence-electron chi connectivity index (χ0n) is 18.5. The summed E-state index contributed by atoms with van der Waals surface area (Å²) in [6.45, 7) is 3.93. The van der Waals surface area contributed by atoms with E-state index in [1.165, 1.54) is 14.0 Å². The van der Waals surface area contributed by atoms with Gasteiger partial charge in [-0.1, -0.05) is 0 Å². The lowest BCUT2D eigenvalue weighted by Crippen LogP contribution is -2.46. The van der Waals surface area contributed by atoms with Crippen molar-refractivity contribution in [1.29, 1.82) is 5.41 Å². The van der Waals surface area contributed by atoms with Crippen molar-refractivity contribution in [3.05, 3.63) is 29.8 Å². The molecule has 2 aliphatic heterocycles. The largest absolute Gasteiger partial charge is 0.469 e. The van der Waals surface area contributed by atoms with Gasteiger partial charge in [-0.2, -0.15) is 0 Å². The van der Waals surface area contributed by atoms with Crippen molar-refractivity contribution in [2.75, 3.05) is 31.6 Å². The standard InChI is InChI=1S/C22H31N5O4.ClH/c1-14(28)25-21(23)15-3-5-19(6-4-15)27-9-7-17(8-10-27)24-13-18-11-16(22(30)26-18)12-20(29)31-2;/h3-6,16-18,24H,7-13H2,1-2H3,(H,26,30)(H2,23,25,28);1H/t16-,18-;/m0./s1. The van der Waals surface area contributed by atoms with Crippen LogP contribution in [-0.4, -0.2) is 62.4 Å². The zero-order chi connectivity index (χ0) is 22.4. The fourth-order valence-corrected chi connectivity index (χ4v) is 4.16.